The Morgan fingerprint density at radius 2 is 1.82 bits per heavy atom. The second-order valence-electron chi connectivity index (χ2n) is 9.84. The Morgan fingerprint density at radius 1 is 1.05 bits per heavy atom. The molecule has 0 spiro atoms. The van der Waals surface area contributed by atoms with E-state index in [2.05, 4.69) is 25.3 Å². The van der Waals surface area contributed by atoms with Crippen molar-refractivity contribution in [2.45, 2.75) is 19.3 Å². The number of piperidine rings is 1. The number of rotatable bonds is 5. The minimum atomic E-state index is -0.381. The molecule has 40 heavy (non-hydrogen) atoms. The summed E-state index contributed by atoms with van der Waals surface area (Å²) < 4.78 is 14.7. The van der Waals surface area contributed by atoms with Gasteiger partial charge in [-0.1, -0.05) is 42.0 Å². The second kappa shape index (κ2) is 11.1. The van der Waals surface area contributed by atoms with E-state index in [1.54, 1.807) is 60.8 Å². The van der Waals surface area contributed by atoms with Crippen LogP contribution in [0.5, 0.6) is 0 Å². The van der Waals surface area contributed by atoms with Crippen LogP contribution in [-0.2, 0) is 0 Å². The zero-order chi connectivity index (χ0) is 27.6. The lowest BCUT2D eigenvalue weighted by atomic mass is 9.90. The Kier molecular flexibility index (Phi) is 7.19. The van der Waals surface area contributed by atoms with Crippen LogP contribution in [0.4, 0.5) is 10.3 Å². The molecule has 0 atom stereocenters. The lowest BCUT2D eigenvalue weighted by molar-refractivity contribution is -0.305. The van der Waals surface area contributed by atoms with Gasteiger partial charge in [-0.3, -0.25) is 0 Å². The average Bonchev–Trinajstić information content (AvgIpc) is 2.98. The lowest BCUT2D eigenvalue weighted by Gasteiger charge is -2.26. The fourth-order valence-corrected chi connectivity index (χ4v) is 5.26. The largest absolute Gasteiger partial charge is 0.875 e. The Hall–Kier alpha value is -4.27. The van der Waals surface area contributed by atoms with Crippen molar-refractivity contribution in [3.63, 3.8) is 0 Å². The summed E-state index contributed by atoms with van der Waals surface area (Å²) in [5.41, 5.74) is 3.55. The molecule has 2 N–H and O–H groups in total. The third-order valence-corrected chi connectivity index (χ3v) is 7.45. The van der Waals surface area contributed by atoms with Crippen molar-refractivity contribution in [1.82, 2.24) is 20.3 Å². The number of halogens is 2. The molecule has 1 saturated heterocycles. The van der Waals surface area contributed by atoms with Crippen molar-refractivity contribution in [2.24, 2.45) is 10.9 Å². The number of aromatic nitrogens is 3. The van der Waals surface area contributed by atoms with Gasteiger partial charge in [0.25, 0.3) is 5.95 Å². The van der Waals surface area contributed by atoms with Crippen LogP contribution in [0.15, 0.2) is 89.3 Å². The molecule has 2 aromatic heterocycles. The molecule has 1 aliphatic carbocycles. The van der Waals surface area contributed by atoms with Gasteiger partial charge in [0.05, 0.1) is 17.6 Å². The quantitative estimate of drug-likeness (QED) is 0.183. The highest BCUT2D eigenvalue weighted by Crippen LogP contribution is 2.34. The molecule has 1 aliphatic heterocycles. The first-order chi connectivity index (χ1) is 19.5. The van der Waals surface area contributed by atoms with Crippen LogP contribution in [-0.4, -0.2) is 39.5 Å². The predicted molar refractivity (Wildman–Crippen MR) is 156 cm³/mol. The molecule has 7 nitrogen and oxygen atoms in total. The Balaban J connectivity index is 1.30. The van der Waals surface area contributed by atoms with Gasteiger partial charge in [-0.2, -0.15) is 0 Å². The number of benzene rings is 2. The van der Waals surface area contributed by atoms with Crippen molar-refractivity contribution >= 4 is 50.8 Å². The maximum Gasteiger partial charge on any atom is 0.250 e. The molecule has 9 heteroatoms. The molecule has 0 saturated carbocycles. The van der Waals surface area contributed by atoms with E-state index in [4.69, 9.17) is 17.0 Å². The summed E-state index contributed by atoms with van der Waals surface area (Å²) in [6.07, 6.45) is 10.4. The molecule has 3 heterocycles. The van der Waals surface area contributed by atoms with Crippen LogP contribution >= 0.6 is 11.6 Å². The van der Waals surface area contributed by atoms with E-state index in [-0.39, 0.29) is 29.9 Å². The van der Waals surface area contributed by atoms with Gasteiger partial charge in [0.2, 0.25) is 0 Å². The molecule has 4 aromatic rings. The van der Waals surface area contributed by atoms with Gasteiger partial charge in [0.1, 0.15) is 16.9 Å². The number of aliphatic imine (C=N–C) groups is 1. The summed E-state index contributed by atoms with van der Waals surface area (Å²) >= 11 is 6.30. The predicted octanol–water partition coefficient (Wildman–Crippen LogP) is 5.86. The molecule has 1 fully saturated rings. The van der Waals surface area contributed by atoms with E-state index in [0.717, 1.165) is 31.3 Å². The monoisotopic (exact) mass is 551 g/mol. The van der Waals surface area contributed by atoms with Crippen molar-refractivity contribution in [1.29, 1.82) is 5.41 Å². The first-order valence-corrected chi connectivity index (χ1v) is 13.5. The Bertz CT molecular complexity index is 1750. The molecular weight excluding hydrogens is 527 g/mol. The van der Waals surface area contributed by atoms with E-state index in [1.165, 1.54) is 6.07 Å². The zero-order valence-electron chi connectivity index (χ0n) is 21.5. The molecule has 0 unspecified atom stereocenters. The third kappa shape index (κ3) is 5.28. The van der Waals surface area contributed by atoms with E-state index in [1.807, 2.05) is 6.07 Å². The van der Waals surface area contributed by atoms with Gasteiger partial charge in [-0.15, -0.1) is 5.76 Å². The minimum Gasteiger partial charge on any atom is -0.875 e. The zero-order valence-corrected chi connectivity index (χ0v) is 22.3. The highest BCUT2D eigenvalue weighted by Gasteiger charge is 2.18. The Morgan fingerprint density at radius 3 is 2.60 bits per heavy atom. The third-order valence-electron chi connectivity index (χ3n) is 7.21. The van der Waals surface area contributed by atoms with Gasteiger partial charge in [-0.05, 0) is 80.3 Å². The molecule has 200 valence electrons. The summed E-state index contributed by atoms with van der Waals surface area (Å²) in [5.74, 6) is -0.0445. The summed E-state index contributed by atoms with van der Waals surface area (Å²) in [7, 11) is 0. The van der Waals surface area contributed by atoms with Gasteiger partial charge in [0.15, 0.2) is 0 Å². The molecule has 2 aliphatic rings. The maximum absolute atomic E-state index is 14.7. The summed E-state index contributed by atoms with van der Waals surface area (Å²) in [6, 6.07) is 11.8. The summed E-state index contributed by atoms with van der Waals surface area (Å²) in [4.78, 5) is 18.3. The number of nitrogens with zero attached hydrogens (tertiary/aromatic N) is 4. The van der Waals surface area contributed by atoms with Crippen LogP contribution in [0.25, 0.3) is 33.1 Å². The van der Waals surface area contributed by atoms with Crippen molar-refractivity contribution < 1.29 is 9.50 Å². The second-order valence-corrected chi connectivity index (χ2v) is 10.3. The van der Waals surface area contributed by atoms with Crippen LogP contribution in [0.2, 0.25) is 5.02 Å². The van der Waals surface area contributed by atoms with E-state index in [0.29, 0.717) is 49.7 Å². The van der Waals surface area contributed by atoms with Crippen molar-refractivity contribution in [3.05, 3.63) is 95.1 Å². The first kappa shape index (κ1) is 26.0. The fraction of sp³-hybridized carbons (Fsp3) is 0.194. The highest BCUT2D eigenvalue weighted by atomic mass is 35.5. The number of fused-ring (bicyclic) bond motifs is 3. The molecular formula is C31H25ClFN6O-. The topological polar surface area (TPSA) is 110 Å². The van der Waals surface area contributed by atoms with Gasteiger partial charge in [0, 0.05) is 27.1 Å². The lowest BCUT2D eigenvalue weighted by Crippen LogP contribution is -2.32. The normalized spacial score (nSPS) is 15.7. The molecule has 0 amide bonds. The van der Waals surface area contributed by atoms with Crippen LogP contribution < -0.4 is 10.4 Å². The minimum absolute atomic E-state index is 0.0705. The number of allylic oxidation sites excluding steroid dienone is 6. The molecule has 0 bridgehead atoms. The maximum atomic E-state index is 14.7. The smallest absolute Gasteiger partial charge is 0.250 e. The first-order valence-electron chi connectivity index (χ1n) is 13.1. The van der Waals surface area contributed by atoms with E-state index in [9.17, 15) is 9.50 Å². The SMILES string of the molecule is N=C(CC([O-])=C1C=CC(=Nc2ncc3nc(-c4ccccc4F)c4cc(Cl)ccc4c3n2)C=C1)C1CCNCC1. The van der Waals surface area contributed by atoms with E-state index >= 15 is 0 Å². The number of hydrogen-bond acceptors (Lipinski definition) is 7. The number of hydrogen-bond donors (Lipinski definition) is 2. The molecule has 2 aromatic carbocycles. The number of nitrogens with one attached hydrogen (secondary N) is 2. The van der Waals surface area contributed by atoms with Crippen molar-refractivity contribution in [2.75, 3.05) is 13.1 Å². The van der Waals surface area contributed by atoms with Crippen LogP contribution in [0.3, 0.4) is 0 Å². The average molecular weight is 552 g/mol. The highest BCUT2D eigenvalue weighted by molar-refractivity contribution is 6.31. The molecule has 6 rings (SSSR count). The fourth-order valence-electron chi connectivity index (χ4n) is 5.09. The number of pyridine rings is 1. The summed E-state index contributed by atoms with van der Waals surface area (Å²) in [5, 5.41) is 26.3. The van der Waals surface area contributed by atoms with E-state index < -0.39 is 0 Å². The summed E-state index contributed by atoms with van der Waals surface area (Å²) in [6.45, 7) is 1.78. The van der Waals surface area contributed by atoms with Gasteiger partial charge < -0.3 is 15.8 Å². The van der Waals surface area contributed by atoms with Crippen LogP contribution in [0, 0.1) is 17.1 Å². The molecule has 0 radical (unpaired) electrons. The van der Waals surface area contributed by atoms with Crippen molar-refractivity contribution in [3.8, 4) is 11.3 Å². The Labute approximate surface area is 235 Å². The van der Waals surface area contributed by atoms with Gasteiger partial charge >= 0.3 is 0 Å². The van der Waals surface area contributed by atoms with Gasteiger partial charge in [-0.25, -0.2) is 24.3 Å². The van der Waals surface area contributed by atoms with Crippen LogP contribution in [0.1, 0.15) is 19.3 Å². The standard InChI is InChI=1S/C31H26ClFN6O/c32-20-7-10-22-24(15-20)29(23-3-1-2-4-25(23)33)38-27-17-36-31(39-30(22)27)37-21-8-5-19(6-9-21)28(40)16-26(34)18-11-13-35-14-12-18/h1-10,15,17-18,34-35,40H,11-14,16H2/p-1.